The normalized spacial score (nSPS) is 15.6. The monoisotopic (exact) mass is 292 g/mol. The van der Waals surface area contributed by atoms with Crippen molar-refractivity contribution >= 4 is 11.7 Å². The summed E-state index contributed by atoms with van der Waals surface area (Å²) < 4.78 is 10.5. The predicted octanol–water partition coefficient (Wildman–Crippen LogP) is 2.89. The standard InChI is InChI=1S/C16H24N2O3/c1-12-10-14(20-3)4-5-15(12)17-16(19)18(2)11-13-6-8-21-9-7-13/h4-5,10,13H,6-9,11H2,1-3H3,(H,17,19). The Balaban J connectivity index is 1.90. The maximum atomic E-state index is 12.2. The minimum Gasteiger partial charge on any atom is -0.497 e. The maximum absolute atomic E-state index is 12.2. The number of carbonyl (C=O) groups excluding carboxylic acids is 1. The molecule has 1 aliphatic rings. The maximum Gasteiger partial charge on any atom is 0.321 e. The average Bonchev–Trinajstić information content (AvgIpc) is 2.50. The van der Waals surface area contributed by atoms with Crippen LogP contribution in [0.4, 0.5) is 10.5 Å². The molecule has 0 aromatic heterocycles. The number of hydrogen-bond acceptors (Lipinski definition) is 3. The van der Waals surface area contributed by atoms with E-state index in [0.29, 0.717) is 5.92 Å². The van der Waals surface area contributed by atoms with E-state index in [1.54, 1.807) is 12.0 Å². The molecule has 0 radical (unpaired) electrons. The minimum absolute atomic E-state index is 0.0743. The van der Waals surface area contributed by atoms with Crippen LogP contribution in [0.1, 0.15) is 18.4 Å². The van der Waals surface area contributed by atoms with Gasteiger partial charge in [-0.05, 0) is 49.4 Å². The van der Waals surface area contributed by atoms with Crippen molar-refractivity contribution in [1.82, 2.24) is 4.90 Å². The van der Waals surface area contributed by atoms with E-state index in [9.17, 15) is 4.79 Å². The van der Waals surface area contributed by atoms with Crippen LogP contribution >= 0.6 is 0 Å². The number of nitrogens with zero attached hydrogens (tertiary/aromatic N) is 1. The van der Waals surface area contributed by atoms with Gasteiger partial charge < -0.3 is 19.7 Å². The Morgan fingerprint density at radius 3 is 2.76 bits per heavy atom. The minimum atomic E-state index is -0.0743. The molecule has 0 atom stereocenters. The van der Waals surface area contributed by atoms with Gasteiger partial charge in [0.25, 0.3) is 0 Å². The lowest BCUT2D eigenvalue weighted by Crippen LogP contribution is -2.37. The van der Waals surface area contributed by atoms with E-state index in [1.165, 1.54) is 0 Å². The van der Waals surface area contributed by atoms with E-state index in [2.05, 4.69) is 5.32 Å². The molecule has 1 aliphatic heterocycles. The molecular weight excluding hydrogens is 268 g/mol. The Bertz CT molecular complexity index is 484. The van der Waals surface area contributed by atoms with Gasteiger partial charge in [-0.3, -0.25) is 0 Å². The number of benzene rings is 1. The fraction of sp³-hybridized carbons (Fsp3) is 0.562. The van der Waals surface area contributed by atoms with Crippen LogP contribution in [0.3, 0.4) is 0 Å². The zero-order valence-electron chi connectivity index (χ0n) is 13.0. The molecule has 0 spiro atoms. The van der Waals surface area contributed by atoms with Crippen LogP contribution in [0.25, 0.3) is 0 Å². The van der Waals surface area contributed by atoms with E-state index in [4.69, 9.17) is 9.47 Å². The van der Waals surface area contributed by atoms with Gasteiger partial charge in [-0.25, -0.2) is 4.79 Å². The van der Waals surface area contributed by atoms with Gasteiger partial charge in [0.2, 0.25) is 0 Å². The lowest BCUT2D eigenvalue weighted by atomic mass is 10.00. The fourth-order valence-electron chi connectivity index (χ4n) is 2.51. The summed E-state index contributed by atoms with van der Waals surface area (Å²) in [6.45, 7) is 4.33. The number of nitrogens with one attached hydrogen (secondary N) is 1. The molecule has 5 heteroatoms. The molecule has 2 amide bonds. The highest BCUT2D eigenvalue weighted by molar-refractivity contribution is 5.90. The Labute approximate surface area is 126 Å². The largest absolute Gasteiger partial charge is 0.497 e. The van der Waals surface area contributed by atoms with Gasteiger partial charge in [-0.2, -0.15) is 0 Å². The number of rotatable bonds is 4. The predicted molar refractivity (Wildman–Crippen MR) is 82.9 cm³/mol. The van der Waals surface area contributed by atoms with Gasteiger partial charge in [-0.15, -0.1) is 0 Å². The van der Waals surface area contributed by atoms with E-state index >= 15 is 0 Å². The van der Waals surface area contributed by atoms with E-state index in [0.717, 1.165) is 49.6 Å². The first-order valence-electron chi connectivity index (χ1n) is 7.34. The fourth-order valence-corrected chi connectivity index (χ4v) is 2.51. The first-order valence-corrected chi connectivity index (χ1v) is 7.34. The number of ether oxygens (including phenoxy) is 2. The molecule has 1 N–H and O–H groups in total. The second-order valence-corrected chi connectivity index (χ2v) is 5.55. The summed E-state index contributed by atoms with van der Waals surface area (Å²) in [7, 11) is 3.47. The summed E-state index contributed by atoms with van der Waals surface area (Å²) in [6, 6.07) is 5.55. The van der Waals surface area contributed by atoms with Gasteiger partial charge in [0, 0.05) is 32.5 Å². The molecule has 2 rings (SSSR count). The molecule has 116 valence electrons. The van der Waals surface area contributed by atoms with Crippen molar-refractivity contribution in [3.05, 3.63) is 23.8 Å². The van der Waals surface area contributed by atoms with Crippen LogP contribution < -0.4 is 10.1 Å². The Morgan fingerprint density at radius 2 is 2.14 bits per heavy atom. The first-order chi connectivity index (χ1) is 10.1. The van der Waals surface area contributed by atoms with Crippen molar-refractivity contribution < 1.29 is 14.3 Å². The first kappa shape index (κ1) is 15.6. The molecule has 1 heterocycles. The third-order valence-corrected chi connectivity index (χ3v) is 3.89. The van der Waals surface area contributed by atoms with Crippen LogP contribution in [0.5, 0.6) is 5.75 Å². The number of methoxy groups -OCH3 is 1. The summed E-state index contributed by atoms with van der Waals surface area (Å²) in [4.78, 5) is 14.0. The molecule has 1 fully saturated rings. The third-order valence-electron chi connectivity index (χ3n) is 3.89. The summed E-state index contributed by atoms with van der Waals surface area (Å²) in [5.41, 5.74) is 1.81. The Morgan fingerprint density at radius 1 is 1.43 bits per heavy atom. The molecule has 5 nitrogen and oxygen atoms in total. The lowest BCUT2D eigenvalue weighted by Gasteiger charge is -2.27. The van der Waals surface area contributed by atoms with Crippen molar-refractivity contribution in [1.29, 1.82) is 0 Å². The van der Waals surface area contributed by atoms with Gasteiger partial charge in [0.05, 0.1) is 7.11 Å². The molecule has 1 aromatic carbocycles. The highest BCUT2D eigenvalue weighted by Gasteiger charge is 2.18. The van der Waals surface area contributed by atoms with Crippen molar-refractivity contribution in [3.8, 4) is 5.75 Å². The van der Waals surface area contributed by atoms with Crippen molar-refractivity contribution in [2.45, 2.75) is 19.8 Å². The smallest absolute Gasteiger partial charge is 0.321 e. The number of urea groups is 1. The van der Waals surface area contributed by atoms with Crippen molar-refractivity contribution in [3.63, 3.8) is 0 Å². The second-order valence-electron chi connectivity index (χ2n) is 5.55. The van der Waals surface area contributed by atoms with Gasteiger partial charge >= 0.3 is 6.03 Å². The van der Waals surface area contributed by atoms with Crippen LogP contribution in [-0.2, 0) is 4.74 Å². The number of amides is 2. The molecule has 1 aromatic rings. The Hall–Kier alpha value is -1.75. The number of aryl methyl sites for hydroxylation is 1. The SMILES string of the molecule is COc1ccc(NC(=O)N(C)CC2CCOCC2)c(C)c1. The molecule has 21 heavy (non-hydrogen) atoms. The van der Waals surface area contributed by atoms with E-state index < -0.39 is 0 Å². The summed E-state index contributed by atoms with van der Waals surface area (Å²) in [6.07, 6.45) is 2.05. The summed E-state index contributed by atoms with van der Waals surface area (Å²) in [5.74, 6) is 1.33. The van der Waals surface area contributed by atoms with E-state index in [1.807, 2.05) is 32.2 Å². The second kappa shape index (κ2) is 7.31. The average molecular weight is 292 g/mol. The quantitative estimate of drug-likeness (QED) is 0.928. The van der Waals surface area contributed by atoms with E-state index in [-0.39, 0.29) is 6.03 Å². The number of carbonyl (C=O) groups is 1. The molecule has 1 saturated heterocycles. The number of hydrogen-bond donors (Lipinski definition) is 1. The molecule has 0 unspecified atom stereocenters. The van der Waals surface area contributed by atoms with Crippen LogP contribution in [0.15, 0.2) is 18.2 Å². The number of anilines is 1. The van der Waals surface area contributed by atoms with Crippen molar-refractivity contribution in [2.24, 2.45) is 5.92 Å². The lowest BCUT2D eigenvalue weighted by molar-refractivity contribution is 0.0592. The molecular formula is C16H24N2O3. The van der Waals surface area contributed by atoms with Gasteiger partial charge in [0.15, 0.2) is 0 Å². The third kappa shape index (κ3) is 4.36. The molecule has 0 saturated carbocycles. The zero-order chi connectivity index (χ0) is 15.2. The molecule has 0 bridgehead atoms. The summed E-state index contributed by atoms with van der Waals surface area (Å²) in [5, 5.41) is 2.95. The highest BCUT2D eigenvalue weighted by Crippen LogP contribution is 2.22. The van der Waals surface area contributed by atoms with Gasteiger partial charge in [-0.1, -0.05) is 0 Å². The van der Waals surface area contributed by atoms with Gasteiger partial charge in [0.1, 0.15) is 5.75 Å². The van der Waals surface area contributed by atoms with Crippen LogP contribution in [0, 0.1) is 12.8 Å². The van der Waals surface area contributed by atoms with Crippen molar-refractivity contribution in [2.75, 3.05) is 39.2 Å². The van der Waals surface area contributed by atoms with Crippen LogP contribution in [0.2, 0.25) is 0 Å². The van der Waals surface area contributed by atoms with Crippen LogP contribution in [-0.4, -0.2) is 44.8 Å². The highest BCUT2D eigenvalue weighted by atomic mass is 16.5. The topological polar surface area (TPSA) is 50.8 Å². The molecule has 0 aliphatic carbocycles. The summed E-state index contributed by atoms with van der Waals surface area (Å²) >= 11 is 0. The Kier molecular flexibility index (Phi) is 5.44. The zero-order valence-corrected chi connectivity index (χ0v) is 13.0.